The molecule has 1 aliphatic rings. The van der Waals surface area contributed by atoms with Crippen LogP contribution in [-0.2, 0) is 6.54 Å². The van der Waals surface area contributed by atoms with E-state index in [1.807, 2.05) is 12.3 Å². The number of ether oxygens (including phenoxy) is 1. The van der Waals surface area contributed by atoms with E-state index in [9.17, 15) is 0 Å². The average Bonchev–Trinajstić information content (AvgIpc) is 3.12. The molecule has 0 spiro atoms. The van der Waals surface area contributed by atoms with Gasteiger partial charge in [-0.3, -0.25) is 4.98 Å². The fourth-order valence-corrected chi connectivity index (χ4v) is 1.69. The Bertz CT molecular complexity index is 323. The van der Waals surface area contributed by atoms with Crippen LogP contribution in [0.1, 0.15) is 31.7 Å². The van der Waals surface area contributed by atoms with Gasteiger partial charge >= 0.3 is 0 Å². The van der Waals surface area contributed by atoms with Crippen molar-refractivity contribution in [2.45, 2.75) is 32.7 Å². The van der Waals surface area contributed by atoms with Crippen molar-refractivity contribution in [1.29, 1.82) is 0 Å². The molecule has 1 fully saturated rings. The van der Waals surface area contributed by atoms with Crippen LogP contribution in [0.15, 0.2) is 18.5 Å². The molecule has 1 heterocycles. The lowest BCUT2D eigenvalue weighted by Gasteiger charge is -2.10. The van der Waals surface area contributed by atoms with Gasteiger partial charge in [0.15, 0.2) is 0 Å². The largest absolute Gasteiger partial charge is 0.493 e. The number of nitrogens with zero attached hydrogens (tertiary/aromatic N) is 1. The van der Waals surface area contributed by atoms with E-state index in [2.05, 4.69) is 17.2 Å². The standard InChI is InChI=1S/C13H20N2O/c1-2-14-9-12-10-15-7-5-13(12)16-8-6-11-3-4-11/h5,7,10-11,14H,2-4,6,8-9H2,1H3. The summed E-state index contributed by atoms with van der Waals surface area (Å²) in [7, 11) is 0. The summed E-state index contributed by atoms with van der Waals surface area (Å²) in [5.41, 5.74) is 1.15. The lowest BCUT2D eigenvalue weighted by Crippen LogP contribution is -2.13. The number of pyridine rings is 1. The van der Waals surface area contributed by atoms with E-state index < -0.39 is 0 Å². The van der Waals surface area contributed by atoms with Gasteiger partial charge < -0.3 is 10.1 Å². The molecule has 0 bridgehead atoms. The van der Waals surface area contributed by atoms with Crippen LogP contribution in [0.25, 0.3) is 0 Å². The summed E-state index contributed by atoms with van der Waals surface area (Å²) in [6.45, 7) is 4.75. The zero-order chi connectivity index (χ0) is 11.2. The molecule has 0 aromatic carbocycles. The fraction of sp³-hybridized carbons (Fsp3) is 0.615. The van der Waals surface area contributed by atoms with Crippen molar-refractivity contribution >= 4 is 0 Å². The summed E-state index contributed by atoms with van der Waals surface area (Å²) in [6.07, 6.45) is 7.66. The van der Waals surface area contributed by atoms with Gasteiger partial charge in [0.05, 0.1) is 6.61 Å². The van der Waals surface area contributed by atoms with E-state index in [4.69, 9.17) is 4.74 Å². The Kier molecular flexibility index (Phi) is 4.17. The second-order valence-electron chi connectivity index (χ2n) is 4.34. The van der Waals surface area contributed by atoms with E-state index in [0.29, 0.717) is 0 Å². The van der Waals surface area contributed by atoms with E-state index in [1.165, 1.54) is 19.3 Å². The van der Waals surface area contributed by atoms with Gasteiger partial charge in [0.1, 0.15) is 5.75 Å². The molecule has 0 aliphatic heterocycles. The van der Waals surface area contributed by atoms with Crippen LogP contribution >= 0.6 is 0 Å². The van der Waals surface area contributed by atoms with Crippen molar-refractivity contribution in [2.75, 3.05) is 13.2 Å². The maximum absolute atomic E-state index is 5.81. The van der Waals surface area contributed by atoms with E-state index in [0.717, 1.165) is 36.9 Å². The van der Waals surface area contributed by atoms with E-state index >= 15 is 0 Å². The molecule has 0 saturated heterocycles. The van der Waals surface area contributed by atoms with E-state index in [1.54, 1.807) is 6.20 Å². The van der Waals surface area contributed by atoms with Crippen molar-refractivity contribution in [3.8, 4) is 5.75 Å². The summed E-state index contributed by atoms with van der Waals surface area (Å²) >= 11 is 0. The molecular weight excluding hydrogens is 200 g/mol. The number of hydrogen-bond donors (Lipinski definition) is 1. The molecule has 1 saturated carbocycles. The quantitative estimate of drug-likeness (QED) is 0.766. The number of aromatic nitrogens is 1. The molecule has 88 valence electrons. The number of rotatable bonds is 7. The summed E-state index contributed by atoms with van der Waals surface area (Å²) in [4.78, 5) is 4.13. The second kappa shape index (κ2) is 5.85. The third-order valence-corrected chi connectivity index (χ3v) is 2.90. The highest BCUT2D eigenvalue weighted by Gasteiger charge is 2.20. The monoisotopic (exact) mass is 220 g/mol. The third kappa shape index (κ3) is 3.49. The molecular formula is C13H20N2O. The molecule has 1 aromatic rings. The molecule has 0 radical (unpaired) electrons. The Morgan fingerprint density at radius 2 is 2.38 bits per heavy atom. The normalized spacial score (nSPS) is 15.1. The Morgan fingerprint density at radius 1 is 1.50 bits per heavy atom. The lowest BCUT2D eigenvalue weighted by molar-refractivity contribution is 0.298. The van der Waals surface area contributed by atoms with Crippen LogP contribution in [0.5, 0.6) is 5.75 Å². The van der Waals surface area contributed by atoms with Crippen molar-refractivity contribution < 1.29 is 4.74 Å². The molecule has 0 amide bonds. The van der Waals surface area contributed by atoms with Gasteiger partial charge in [-0.15, -0.1) is 0 Å². The maximum Gasteiger partial charge on any atom is 0.126 e. The molecule has 3 nitrogen and oxygen atoms in total. The lowest BCUT2D eigenvalue weighted by atomic mass is 10.2. The number of nitrogens with one attached hydrogen (secondary N) is 1. The first-order valence-corrected chi connectivity index (χ1v) is 6.16. The van der Waals surface area contributed by atoms with Crippen LogP contribution in [0.2, 0.25) is 0 Å². The van der Waals surface area contributed by atoms with Crippen LogP contribution in [0, 0.1) is 5.92 Å². The molecule has 0 atom stereocenters. The zero-order valence-electron chi connectivity index (χ0n) is 9.91. The van der Waals surface area contributed by atoms with E-state index in [-0.39, 0.29) is 0 Å². The maximum atomic E-state index is 5.81. The molecule has 1 aliphatic carbocycles. The van der Waals surface area contributed by atoms with Crippen molar-refractivity contribution in [3.05, 3.63) is 24.0 Å². The molecule has 2 rings (SSSR count). The Balaban J connectivity index is 1.84. The van der Waals surface area contributed by atoms with Crippen LogP contribution in [-0.4, -0.2) is 18.1 Å². The summed E-state index contributed by atoms with van der Waals surface area (Å²) in [6, 6.07) is 1.96. The van der Waals surface area contributed by atoms with Crippen molar-refractivity contribution in [1.82, 2.24) is 10.3 Å². The Labute approximate surface area is 97.2 Å². The predicted molar refractivity (Wildman–Crippen MR) is 64.5 cm³/mol. The van der Waals surface area contributed by atoms with Gasteiger partial charge in [-0.2, -0.15) is 0 Å². The van der Waals surface area contributed by atoms with Gasteiger partial charge in [-0.25, -0.2) is 0 Å². The fourth-order valence-electron chi connectivity index (χ4n) is 1.69. The highest BCUT2D eigenvalue weighted by Crippen LogP contribution is 2.32. The van der Waals surface area contributed by atoms with Crippen LogP contribution < -0.4 is 10.1 Å². The van der Waals surface area contributed by atoms with Crippen LogP contribution in [0.3, 0.4) is 0 Å². The van der Waals surface area contributed by atoms with Crippen LogP contribution in [0.4, 0.5) is 0 Å². The first-order chi connectivity index (χ1) is 7.90. The molecule has 1 aromatic heterocycles. The van der Waals surface area contributed by atoms with Gasteiger partial charge in [0, 0.05) is 24.5 Å². The van der Waals surface area contributed by atoms with Gasteiger partial charge in [-0.05, 0) is 24.9 Å². The van der Waals surface area contributed by atoms with Gasteiger partial charge in [0.2, 0.25) is 0 Å². The third-order valence-electron chi connectivity index (χ3n) is 2.90. The Morgan fingerprint density at radius 3 is 3.12 bits per heavy atom. The van der Waals surface area contributed by atoms with Gasteiger partial charge in [0.25, 0.3) is 0 Å². The minimum absolute atomic E-state index is 0.836. The molecule has 3 heteroatoms. The smallest absolute Gasteiger partial charge is 0.126 e. The minimum atomic E-state index is 0.836. The van der Waals surface area contributed by atoms with Gasteiger partial charge in [-0.1, -0.05) is 19.8 Å². The topological polar surface area (TPSA) is 34.2 Å². The molecule has 0 unspecified atom stereocenters. The zero-order valence-corrected chi connectivity index (χ0v) is 9.91. The molecule has 1 N–H and O–H groups in total. The summed E-state index contributed by atoms with van der Waals surface area (Å²) in [5, 5.41) is 3.30. The second-order valence-corrected chi connectivity index (χ2v) is 4.34. The highest BCUT2D eigenvalue weighted by molar-refractivity contribution is 5.29. The highest BCUT2D eigenvalue weighted by atomic mass is 16.5. The average molecular weight is 220 g/mol. The SMILES string of the molecule is CCNCc1cnccc1OCCC1CC1. The predicted octanol–water partition coefficient (Wildman–Crippen LogP) is 2.37. The Hall–Kier alpha value is -1.09. The van der Waals surface area contributed by atoms with Crippen molar-refractivity contribution in [2.24, 2.45) is 5.92 Å². The summed E-state index contributed by atoms with van der Waals surface area (Å²) < 4.78 is 5.81. The molecule has 16 heavy (non-hydrogen) atoms. The van der Waals surface area contributed by atoms with Crippen molar-refractivity contribution in [3.63, 3.8) is 0 Å². The number of hydrogen-bond acceptors (Lipinski definition) is 3. The first kappa shape index (κ1) is 11.4. The summed E-state index contributed by atoms with van der Waals surface area (Å²) in [5.74, 6) is 1.91. The minimum Gasteiger partial charge on any atom is -0.493 e. The first-order valence-electron chi connectivity index (χ1n) is 6.16.